The molecule has 3 heteroatoms. The molecule has 0 amide bonds. The first-order valence-corrected chi connectivity index (χ1v) is 6.88. The van der Waals surface area contributed by atoms with Gasteiger partial charge in [0.05, 0.1) is 12.7 Å². The van der Waals surface area contributed by atoms with Crippen LogP contribution in [0.2, 0.25) is 0 Å². The zero-order valence-corrected chi connectivity index (χ0v) is 12.4. The fourth-order valence-corrected chi connectivity index (χ4v) is 2.50. The van der Waals surface area contributed by atoms with E-state index in [0.717, 1.165) is 35.0 Å². The quantitative estimate of drug-likeness (QED) is 0.862. The second kappa shape index (κ2) is 6.41. The summed E-state index contributed by atoms with van der Waals surface area (Å²) in [6.07, 6.45) is 3.20. The lowest BCUT2D eigenvalue weighted by atomic mass is 9.87. The minimum absolute atomic E-state index is 0.622. The molecular weight excluding hydrogens is 280 g/mol. The number of halogens is 1. The van der Waals surface area contributed by atoms with Gasteiger partial charge in [-0.05, 0) is 36.6 Å². The Kier molecular flexibility index (Phi) is 5.47. The van der Waals surface area contributed by atoms with Crippen LogP contribution in [0.1, 0.15) is 38.7 Å². The van der Waals surface area contributed by atoms with Crippen molar-refractivity contribution in [2.24, 2.45) is 0 Å². The Balaban J connectivity index is 2.95. The molecule has 1 aromatic rings. The second-order valence-electron chi connectivity index (χ2n) is 4.46. The molecule has 0 bridgehead atoms. The van der Waals surface area contributed by atoms with Crippen molar-refractivity contribution >= 4 is 15.9 Å². The molecule has 1 N–H and O–H groups in total. The Morgan fingerprint density at radius 1 is 1.35 bits per heavy atom. The average Bonchev–Trinajstić information content (AvgIpc) is 2.29. The lowest BCUT2D eigenvalue weighted by molar-refractivity contribution is 0.0265. The molecule has 0 saturated heterocycles. The molecule has 1 unspecified atom stereocenters. The zero-order chi connectivity index (χ0) is 12.9. The lowest BCUT2D eigenvalue weighted by Crippen LogP contribution is -2.30. The summed E-state index contributed by atoms with van der Waals surface area (Å²) in [6.45, 7) is 4.12. The van der Waals surface area contributed by atoms with Crippen LogP contribution in [0.15, 0.2) is 22.7 Å². The van der Waals surface area contributed by atoms with E-state index in [-0.39, 0.29) is 0 Å². The van der Waals surface area contributed by atoms with Crippen molar-refractivity contribution in [2.45, 2.75) is 45.1 Å². The van der Waals surface area contributed by atoms with Gasteiger partial charge in [-0.2, -0.15) is 0 Å². The molecule has 96 valence electrons. The first-order chi connectivity index (χ1) is 8.04. The molecule has 0 aliphatic heterocycles. The molecule has 2 nitrogen and oxygen atoms in total. The van der Waals surface area contributed by atoms with Crippen LogP contribution in [0.3, 0.4) is 0 Å². The van der Waals surface area contributed by atoms with E-state index >= 15 is 0 Å². The Morgan fingerprint density at radius 3 is 2.59 bits per heavy atom. The molecule has 0 radical (unpaired) electrons. The first-order valence-electron chi connectivity index (χ1n) is 6.09. The third kappa shape index (κ3) is 4.00. The van der Waals surface area contributed by atoms with Crippen molar-refractivity contribution in [3.05, 3.63) is 28.2 Å². The highest BCUT2D eigenvalue weighted by molar-refractivity contribution is 9.10. The van der Waals surface area contributed by atoms with Gasteiger partial charge in [-0.3, -0.25) is 0 Å². The van der Waals surface area contributed by atoms with E-state index in [1.165, 1.54) is 0 Å². The monoisotopic (exact) mass is 300 g/mol. The van der Waals surface area contributed by atoms with Crippen LogP contribution >= 0.6 is 15.9 Å². The third-order valence-corrected chi connectivity index (χ3v) is 3.63. The highest BCUT2D eigenvalue weighted by Gasteiger charge is 2.25. The summed E-state index contributed by atoms with van der Waals surface area (Å²) >= 11 is 3.46. The molecule has 1 aromatic carbocycles. The summed E-state index contributed by atoms with van der Waals surface area (Å²) < 4.78 is 6.35. The van der Waals surface area contributed by atoms with Gasteiger partial charge < -0.3 is 9.84 Å². The molecular formula is C14H21BrO2. The van der Waals surface area contributed by atoms with Gasteiger partial charge in [0.25, 0.3) is 0 Å². The Morgan fingerprint density at radius 2 is 2.06 bits per heavy atom. The van der Waals surface area contributed by atoms with Gasteiger partial charge in [-0.15, -0.1) is 0 Å². The Bertz CT molecular complexity index is 365. The molecule has 1 rings (SSSR count). The standard InChI is InChI=1S/C14H21BrO2/c1-4-8-14(16,5-2)10-11-9-12(15)6-7-13(11)17-3/h6-7,9,16H,4-5,8,10H2,1-3H3. The van der Waals surface area contributed by atoms with Gasteiger partial charge >= 0.3 is 0 Å². The largest absolute Gasteiger partial charge is 0.496 e. The van der Waals surface area contributed by atoms with Gasteiger partial charge in [0.1, 0.15) is 5.75 Å². The minimum atomic E-state index is -0.622. The summed E-state index contributed by atoms with van der Waals surface area (Å²) in [5, 5.41) is 10.5. The van der Waals surface area contributed by atoms with Gasteiger partial charge in [0.2, 0.25) is 0 Å². The van der Waals surface area contributed by atoms with Crippen LogP contribution in [-0.2, 0) is 6.42 Å². The number of aliphatic hydroxyl groups is 1. The zero-order valence-electron chi connectivity index (χ0n) is 10.8. The van der Waals surface area contributed by atoms with Gasteiger partial charge in [0, 0.05) is 10.9 Å². The Hall–Kier alpha value is -0.540. The number of rotatable bonds is 6. The van der Waals surface area contributed by atoms with Crippen molar-refractivity contribution in [2.75, 3.05) is 7.11 Å². The van der Waals surface area contributed by atoms with E-state index in [1.54, 1.807) is 7.11 Å². The van der Waals surface area contributed by atoms with E-state index in [1.807, 2.05) is 25.1 Å². The normalized spacial score (nSPS) is 14.4. The molecule has 0 fully saturated rings. The van der Waals surface area contributed by atoms with Crippen LogP contribution in [0.4, 0.5) is 0 Å². The summed E-state index contributed by atoms with van der Waals surface area (Å²) in [5.74, 6) is 0.844. The number of methoxy groups -OCH3 is 1. The first kappa shape index (κ1) is 14.5. The number of hydrogen-bond acceptors (Lipinski definition) is 2. The molecule has 17 heavy (non-hydrogen) atoms. The fourth-order valence-electron chi connectivity index (χ4n) is 2.10. The van der Waals surface area contributed by atoms with Crippen molar-refractivity contribution in [1.82, 2.24) is 0 Å². The average molecular weight is 301 g/mol. The molecule has 0 aliphatic carbocycles. The second-order valence-corrected chi connectivity index (χ2v) is 5.38. The minimum Gasteiger partial charge on any atom is -0.496 e. The van der Waals surface area contributed by atoms with E-state index < -0.39 is 5.60 Å². The topological polar surface area (TPSA) is 29.5 Å². The molecule has 0 aromatic heterocycles. The van der Waals surface area contributed by atoms with Crippen LogP contribution in [-0.4, -0.2) is 17.8 Å². The lowest BCUT2D eigenvalue weighted by Gasteiger charge is -2.27. The molecule has 0 heterocycles. The molecule has 0 spiro atoms. The van der Waals surface area contributed by atoms with Crippen LogP contribution < -0.4 is 4.74 Å². The van der Waals surface area contributed by atoms with Crippen molar-refractivity contribution in [3.8, 4) is 5.75 Å². The maximum atomic E-state index is 10.5. The van der Waals surface area contributed by atoms with Gasteiger partial charge in [0.15, 0.2) is 0 Å². The molecule has 0 aliphatic rings. The smallest absolute Gasteiger partial charge is 0.122 e. The van der Waals surface area contributed by atoms with Crippen LogP contribution in [0.25, 0.3) is 0 Å². The van der Waals surface area contributed by atoms with Crippen molar-refractivity contribution in [3.63, 3.8) is 0 Å². The predicted molar refractivity (Wildman–Crippen MR) is 74.5 cm³/mol. The summed E-state index contributed by atoms with van der Waals surface area (Å²) in [5.41, 5.74) is 0.433. The van der Waals surface area contributed by atoms with E-state index in [4.69, 9.17) is 4.74 Å². The highest BCUT2D eigenvalue weighted by Crippen LogP contribution is 2.30. The fraction of sp³-hybridized carbons (Fsp3) is 0.571. The molecule has 1 atom stereocenters. The van der Waals surface area contributed by atoms with Crippen molar-refractivity contribution < 1.29 is 9.84 Å². The summed E-state index contributed by atoms with van der Waals surface area (Å²) in [6, 6.07) is 5.91. The van der Waals surface area contributed by atoms with Gasteiger partial charge in [-0.25, -0.2) is 0 Å². The van der Waals surface area contributed by atoms with E-state index in [0.29, 0.717) is 6.42 Å². The maximum absolute atomic E-state index is 10.5. The Labute approximate surface area is 112 Å². The maximum Gasteiger partial charge on any atom is 0.122 e. The SMILES string of the molecule is CCCC(O)(CC)Cc1cc(Br)ccc1OC. The molecule has 0 saturated carbocycles. The predicted octanol–water partition coefficient (Wildman–Crippen LogP) is 3.94. The highest BCUT2D eigenvalue weighted by atomic mass is 79.9. The summed E-state index contributed by atoms with van der Waals surface area (Å²) in [7, 11) is 1.66. The van der Waals surface area contributed by atoms with E-state index in [2.05, 4.69) is 22.9 Å². The van der Waals surface area contributed by atoms with Crippen LogP contribution in [0.5, 0.6) is 5.75 Å². The van der Waals surface area contributed by atoms with E-state index in [9.17, 15) is 5.11 Å². The third-order valence-electron chi connectivity index (χ3n) is 3.14. The number of hydrogen-bond donors (Lipinski definition) is 1. The summed E-state index contributed by atoms with van der Waals surface area (Å²) in [4.78, 5) is 0. The number of benzene rings is 1. The van der Waals surface area contributed by atoms with Gasteiger partial charge in [-0.1, -0.05) is 36.2 Å². The number of ether oxygens (including phenoxy) is 1. The van der Waals surface area contributed by atoms with Crippen LogP contribution in [0, 0.1) is 0 Å². The van der Waals surface area contributed by atoms with Crippen molar-refractivity contribution in [1.29, 1.82) is 0 Å².